The molecule has 1 saturated heterocycles. The average Bonchev–Trinajstić information content (AvgIpc) is 2.76. The van der Waals surface area contributed by atoms with E-state index in [9.17, 15) is 14.9 Å². The van der Waals surface area contributed by atoms with E-state index >= 15 is 0 Å². The van der Waals surface area contributed by atoms with Gasteiger partial charge >= 0.3 is 0 Å². The molecule has 1 amide bonds. The number of carbonyl (C=O) groups excluding carboxylic acids is 1. The summed E-state index contributed by atoms with van der Waals surface area (Å²) in [4.78, 5) is 24.5. The highest BCUT2D eigenvalue weighted by molar-refractivity contribution is 6.00. The fourth-order valence-electron chi connectivity index (χ4n) is 3.19. The Hall–Kier alpha value is -2.15. The number of nitrogens with one attached hydrogen (secondary N) is 1. The van der Waals surface area contributed by atoms with E-state index in [0.717, 1.165) is 12.8 Å². The van der Waals surface area contributed by atoms with Crippen molar-refractivity contribution in [3.8, 4) is 0 Å². The lowest BCUT2D eigenvalue weighted by molar-refractivity contribution is -0.384. The maximum Gasteiger partial charge on any atom is 0.292 e. The van der Waals surface area contributed by atoms with Gasteiger partial charge in [-0.2, -0.15) is 0 Å². The van der Waals surface area contributed by atoms with Crippen LogP contribution in [0.25, 0.3) is 0 Å². The third kappa shape index (κ3) is 2.44. The number of hydrogen-bond acceptors (Lipinski definition) is 5. The lowest BCUT2D eigenvalue weighted by Gasteiger charge is -2.37. The SMILES string of the molecule is CC1CC(N)CCN1c1cc2c(cc1[N+](=O)[O-])CC(=O)N2. The van der Waals surface area contributed by atoms with Crippen LogP contribution in [0.3, 0.4) is 0 Å². The van der Waals surface area contributed by atoms with E-state index in [1.165, 1.54) is 6.07 Å². The molecule has 0 aromatic heterocycles. The van der Waals surface area contributed by atoms with Gasteiger partial charge < -0.3 is 16.0 Å². The molecule has 21 heavy (non-hydrogen) atoms. The van der Waals surface area contributed by atoms with Crippen molar-refractivity contribution in [2.24, 2.45) is 5.73 Å². The van der Waals surface area contributed by atoms with Gasteiger partial charge in [-0.3, -0.25) is 14.9 Å². The van der Waals surface area contributed by atoms with Crippen molar-refractivity contribution in [1.82, 2.24) is 0 Å². The topological polar surface area (TPSA) is 102 Å². The molecule has 0 radical (unpaired) electrons. The number of benzene rings is 1. The van der Waals surface area contributed by atoms with Crippen LogP contribution in [-0.2, 0) is 11.2 Å². The molecule has 0 saturated carbocycles. The average molecular weight is 290 g/mol. The van der Waals surface area contributed by atoms with Crippen LogP contribution >= 0.6 is 0 Å². The molecule has 7 nitrogen and oxygen atoms in total. The maximum atomic E-state index is 11.5. The number of carbonyl (C=O) groups is 1. The Labute approximate surface area is 122 Å². The van der Waals surface area contributed by atoms with E-state index in [1.807, 2.05) is 11.8 Å². The van der Waals surface area contributed by atoms with Crippen LogP contribution < -0.4 is 16.0 Å². The van der Waals surface area contributed by atoms with Crippen molar-refractivity contribution in [1.29, 1.82) is 0 Å². The number of anilines is 2. The largest absolute Gasteiger partial charge is 0.363 e. The summed E-state index contributed by atoms with van der Waals surface area (Å²) in [7, 11) is 0. The number of rotatable bonds is 2. The van der Waals surface area contributed by atoms with Gasteiger partial charge in [0.15, 0.2) is 0 Å². The van der Waals surface area contributed by atoms with Crippen LogP contribution in [0.1, 0.15) is 25.3 Å². The second-order valence-electron chi connectivity index (χ2n) is 5.81. The van der Waals surface area contributed by atoms with Gasteiger partial charge in [0.2, 0.25) is 5.91 Å². The molecule has 1 fully saturated rings. The number of piperidine rings is 1. The summed E-state index contributed by atoms with van der Waals surface area (Å²) in [5, 5.41) is 14.1. The van der Waals surface area contributed by atoms with Gasteiger partial charge in [-0.05, 0) is 31.4 Å². The molecule has 2 atom stereocenters. The van der Waals surface area contributed by atoms with E-state index in [1.54, 1.807) is 6.07 Å². The fraction of sp³-hybridized carbons (Fsp3) is 0.500. The fourth-order valence-corrected chi connectivity index (χ4v) is 3.19. The molecule has 0 bridgehead atoms. The second kappa shape index (κ2) is 5.00. The molecule has 1 aromatic rings. The maximum absolute atomic E-state index is 11.5. The standard InChI is InChI=1S/C14H18N4O3/c1-8-4-10(15)2-3-17(8)12-7-11-9(6-14(19)16-11)5-13(12)18(20)21/h5,7-8,10H,2-4,6,15H2,1H3,(H,16,19). The van der Waals surface area contributed by atoms with Gasteiger partial charge in [-0.25, -0.2) is 0 Å². The number of hydrogen-bond donors (Lipinski definition) is 2. The highest BCUT2D eigenvalue weighted by Gasteiger charge is 2.31. The summed E-state index contributed by atoms with van der Waals surface area (Å²) in [6.45, 7) is 2.71. The van der Waals surface area contributed by atoms with Crippen molar-refractivity contribution in [3.05, 3.63) is 27.8 Å². The molecular weight excluding hydrogens is 272 g/mol. The molecule has 0 spiro atoms. The summed E-state index contributed by atoms with van der Waals surface area (Å²) < 4.78 is 0. The van der Waals surface area contributed by atoms with Crippen molar-refractivity contribution in [2.45, 2.75) is 38.3 Å². The molecule has 3 N–H and O–H groups in total. The van der Waals surface area contributed by atoms with E-state index in [0.29, 0.717) is 23.5 Å². The summed E-state index contributed by atoms with van der Waals surface area (Å²) in [6.07, 6.45) is 1.82. The predicted molar refractivity (Wildman–Crippen MR) is 79.4 cm³/mol. The normalized spacial score (nSPS) is 24.7. The first-order chi connectivity index (χ1) is 9.95. The predicted octanol–water partition coefficient (Wildman–Crippen LogP) is 1.41. The van der Waals surface area contributed by atoms with E-state index < -0.39 is 0 Å². The molecule has 2 unspecified atom stereocenters. The van der Waals surface area contributed by atoms with Crippen LogP contribution in [0.4, 0.5) is 17.1 Å². The molecule has 1 aromatic carbocycles. The second-order valence-corrected chi connectivity index (χ2v) is 5.81. The third-order valence-corrected chi connectivity index (χ3v) is 4.25. The zero-order chi connectivity index (χ0) is 15.1. The lowest BCUT2D eigenvalue weighted by Crippen LogP contribution is -2.45. The third-order valence-electron chi connectivity index (χ3n) is 4.25. The number of nitrogens with zero attached hydrogens (tertiary/aromatic N) is 2. The van der Waals surface area contributed by atoms with Gasteiger partial charge in [-0.15, -0.1) is 0 Å². The first-order valence-electron chi connectivity index (χ1n) is 7.09. The Kier molecular flexibility index (Phi) is 3.29. The van der Waals surface area contributed by atoms with Gasteiger partial charge in [0.25, 0.3) is 5.69 Å². The van der Waals surface area contributed by atoms with E-state index in [4.69, 9.17) is 5.73 Å². The Balaban J connectivity index is 2.03. The Morgan fingerprint density at radius 2 is 2.24 bits per heavy atom. The van der Waals surface area contributed by atoms with Crippen LogP contribution in [0.15, 0.2) is 12.1 Å². The van der Waals surface area contributed by atoms with Crippen molar-refractivity contribution in [3.63, 3.8) is 0 Å². The summed E-state index contributed by atoms with van der Waals surface area (Å²) in [6, 6.07) is 3.53. The molecule has 7 heteroatoms. The van der Waals surface area contributed by atoms with Crippen molar-refractivity contribution in [2.75, 3.05) is 16.8 Å². The van der Waals surface area contributed by atoms with Crippen LogP contribution in [0.5, 0.6) is 0 Å². The number of amides is 1. The van der Waals surface area contributed by atoms with E-state index in [-0.39, 0.29) is 35.0 Å². The molecule has 3 rings (SSSR count). The molecule has 2 aliphatic rings. The lowest BCUT2D eigenvalue weighted by atomic mass is 9.97. The molecular formula is C14H18N4O3. The molecule has 0 aliphatic carbocycles. The molecule has 112 valence electrons. The minimum Gasteiger partial charge on any atom is -0.363 e. The monoisotopic (exact) mass is 290 g/mol. The summed E-state index contributed by atoms with van der Waals surface area (Å²) in [5.41, 5.74) is 7.96. The highest BCUT2D eigenvalue weighted by Crippen LogP contribution is 2.38. The van der Waals surface area contributed by atoms with Gasteiger partial charge in [0.1, 0.15) is 5.69 Å². The van der Waals surface area contributed by atoms with Crippen LogP contribution in [0.2, 0.25) is 0 Å². The van der Waals surface area contributed by atoms with Crippen molar-refractivity contribution >= 4 is 23.0 Å². The highest BCUT2D eigenvalue weighted by atomic mass is 16.6. The van der Waals surface area contributed by atoms with Gasteiger partial charge in [0.05, 0.1) is 11.3 Å². The number of nitro groups is 1. The molecule has 2 heterocycles. The van der Waals surface area contributed by atoms with E-state index in [2.05, 4.69) is 5.32 Å². The number of nitrogens with two attached hydrogens (primary N) is 1. The smallest absolute Gasteiger partial charge is 0.292 e. The zero-order valence-electron chi connectivity index (χ0n) is 11.8. The Morgan fingerprint density at radius 3 is 2.90 bits per heavy atom. The minimum atomic E-state index is -0.375. The molecule has 2 aliphatic heterocycles. The first kappa shape index (κ1) is 13.8. The van der Waals surface area contributed by atoms with Crippen LogP contribution in [0, 0.1) is 10.1 Å². The Bertz CT molecular complexity index is 616. The first-order valence-corrected chi connectivity index (χ1v) is 7.09. The van der Waals surface area contributed by atoms with Crippen LogP contribution in [-0.4, -0.2) is 29.5 Å². The Morgan fingerprint density at radius 1 is 1.48 bits per heavy atom. The summed E-state index contributed by atoms with van der Waals surface area (Å²) >= 11 is 0. The quantitative estimate of drug-likeness (QED) is 0.633. The summed E-state index contributed by atoms with van der Waals surface area (Å²) in [5.74, 6) is -0.120. The zero-order valence-corrected chi connectivity index (χ0v) is 11.8. The van der Waals surface area contributed by atoms with Gasteiger partial charge in [0, 0.05) is 30.4 Å². The number of nitro benzene ring substituents is 1. The number of fused-ring (bicyclic) bond motifs is 1. The van der Waals surface area contributed by atoms with Gasteiger partial charge in [-0.1, -0.05) is 0 Å². The minimum absolute atomic E-state index is 0.0626. The van der Waals surface area contributed by atoms with Crippen molar-refractivity contribution < 1.29 is 9.72 Å².